The predicted octanol–water partition coefficient (Wildman–Crippen LogP) is -7.53. The number of hydrogen-bond donors (Lipinski definition) is 22. The molecule has 0 saturated carbocycles. The highest BCUT2D eigenvalue weighted by Crippen LogP contribution is 2.37. The number of benzene rings is 2. The Morgan fingerprint density at radius 3 is 1.07 bits per heavy atom. The van der Waals surface area contributed by atoms with Gasteiger partial charge in [-0.2, -0.15) is 0 Å². The molecule has 2 aromatic carbocycles. The minimum Gasteiger partial charge on any atom is -0.486 e. The van der Waals surface area contributed by atoms with Crippen molar-refractivity contribution in [3.05, 3.63) is 48.0 Å². The molecular formula is C77H120N4O38. The lowest BCUT2D eigenvalue weighted by Gasteiger charge is -2.48. The van der Waals surface area contributed by atoms with Crippen LogP contribution in [0.25, 0.3) is 11.1 Å². The van der Waals surface area contributed by atoms with Gasteiger partial charge in [-0.3, -0.25) is 28.8 Å². The number of unbranched alkanes of at least 4 members (excludes halogenated alkanes) is 6. The van der Waals surface area contributed by atoms with Crippen molar-refractivity contribution in [1.82, 2.24) is 21.3 Å². The van der Waals surface area contributed by atoms with Gasteiger partial charge in [-0.05, 0) is 86.4 Å². The summed E-state index contributed by atoms with van der Waals surface area (Å²) in [5, 5.41) is 200. The van der Waals surface area contributed by atoms with Crippen molar-refractivity contribution in [2.24, 2.45) is 0 Å². The van der Waals surface area contributed by atoms with Crippen molar-refractivity contribution in [1.29, 1.82) is 0 Å². The summed E-state index contributed by atoms with van der Waals surface area (Å²) in [6.45, 7) is -0.765. The number of rotatable bonds is 47. The molecule has 8 rings (SSSR count). The highest BCUT2D eigenvalue weighted by Gasteiger charge is 2.57. The van der Waals surface area contributed by atoms with E-state index >= 15 is 0 Å². The van der Waals surface area contributed by atoms with Gasteiger partial charge in [0.1, 0.15) is 171 Å². The molecule has 0 radical (unpaired) electrons. The summed E-state index contributed by atoms with van der Waals surface area (Å²) in [7, 11) is 0. The quantitative estimate of drug-likeness (QED) is 0.0274. The molecule has 42 nitrogen and oxygen atoms in total. The molecule has 119 heavy (non-hydrogen) atoms. The SMILES string of the molecule is CC(=O)NC1[C@H](OCCCNC(=O)CCCCCCC(=O)COc2ccc(-c3cc(C)cc(OCC(=O)CCCCCCC(=O)NCCCO[C@@H]4OC(CO)[C@@H](O[C@@H]5OC(CO)[C@H](O)[C@H](O[C@H]6OC(CO)[C@H](O)[C@H](O)C6O)C5O)[C@H](O)C4NC(C)=O)c3)cc2)OC(CO)[C@@H](O[C@@H]2OC(CO)[C@H](O)[C@H](O[C@H]3OC(CO)[C@H](O)[C@H](O)C3O)C2O)[C@@H]1O. The van der Waals surface area contributed by atoms with Gasteiger partial charge in [-0.25, -0.2) is 0 Å². The van der Waals surface area contributed by atoms with Crippen LogP contribution in [0, 0.1) is 6.92 Å². The molecule has 676 valence electrons. The lowest BCUT2D eigenvalue weighted by Crippen LogP contribution is -2.68. The number of aliphatic hydroxyl groups excluding tert-OH is 18. The van der Waals surface area contributed by atoms with Crippen LogP contribution in [0.5, 0.6) is 11.5 Å². The second-order valence-electron chi connectivity index (χ2n) is 30.3. The molecule has 30 atom stereocenters. The maximum atomic E-state index is 12.9. The van der Waals surface area contributed by atoms with Crippen LogP contribution in [-0.2, 0) is 85.6 Å². The number of ketones is 2. The van der Waals surface area contributed by atoms with E-state index in [4.69, 9.17) is 66.3 Å². The minimum absolute atomic E-state index is 0.0571. The fourth-order valence-corrected chi connectivity index (χ4v) is 14.5. The molecule has 6 aliphatic heterocycles. The van der Waals surface area contributed by atoms with Gasteiger partial charge in [-0.1, -0.05) is 43.9 Å². The Balaban J connectivity index is 0.646. The first-order chi connectivity index (χ1) is 56.9. The Morgan fingerprint density at radius 1 is 0.345 bits per heavy atom. The number of carbonyl (C=O) groups is 6. The molecule has 4 amide bonds. The molecule has 0 aromatic heterocycles. The first kappa shape index (κ1) is 98.5. The molecule has 6 heterocycles. The van der Waals surface area contributed by atoms with Gasteiger partial charge in [0.15, 0.2) is 49.3 Å². The van der Waals surface area contributed by atoms with Gasteiger partial charge >= 0.3 is 0 Å². The van der Waals surface area contributed by atoms with E-state index in [0.29, 0.717) is 62.9 Å². The molecular weight excluding hydrogens is 1590 g/mol. The van der Waals surface area contributed by atoms with Gasteiger partial charge in [0.05, 0.1) is 52.9 Å². The number of aliphatic hydroxyl groups is 18. The van der Waals surface area contributed by atoms with E-state index in [9.17, 15) is 121 Å². The number of nitrogens with one attached hydrogen (secondary N) is 4. The van der Waals surface area contributed by atoms with Crippen LogP contribution in [0.1, 0.15) is 109 Å². The predicted molar refractivity (Wildman–Crippen MR) is 401 cm³/mol. The third-order valence-corrected chi connectivity index (χ3v) is 21.1. The van der Waals surface area contributed by atoms with E-state index in [1.54, 1.807) is 12.1 Å². The Bertz CT molecular complexity index is 3410. The molecule has 0 spiro atoms. The number of hydrogen-bond acceptors (Lipinski definition) is 38. The van der Waals surface area contributed by atoms with E-state index in [-0.39, 0.29) is 101 Å². The van der Waals surface area contributed by atoms with E-state index < -0.39 is 236 Å². The number of aryl methyl sites for hydroxylation is 1. The molecule has 6 fully saturated rings. The van der Waals surface area contributed by atoms with Crippen molar-refractivity contribution >= 4 is 35.2 Å². The van der Waals surface area contributed by atoms with Crippen LogP contribution in [-0.4, -0.2) is 390 Å². The average molecular weight is 1710 g/mol. The zero-order chi connectivity index (χ0) is 86.7. The summed E-state index contributed by atoms with van der Waals surface area (Å²) in [6.07, 6.45) is -41.1. The Morgan fingerprint density at radius 2 is 0.689 bits per heavy atom. The number of carbonyl (C=O) groups excluding carboxylic acids is 6. The maximum absolute atomic E-state index is 12.9. The first-order valence-electron chi connectivity index (χ1n) is 40.1. The van der Waals surface area contributed by atoms with Crippen molar-refractivity contribution in [2.75, 3.05) is 79.2 Å². The lowest BCUT2D eigenvalue weighted by molar-refractivity contribution is -0.376. The smallest absolute Gasteiger partial charge is 0.219 e. The Kier molecular flexibility index (Phi) is 40.5. The first-order valence-corrected chi connectivity index (χ1v) is 40.1. The standard InChI is InChI=1S/C77H120N4O38/c1-37-26-41(28-45(27-37)109-36-43(91)15-9-5-7-11-17-53(93)79-23-13-25-107-73-55(81-39(3)89)61(99)69(51(34-87)115-73)117-77-67(105)71(59(97)49(32-85)113-77)119-75-65(103)63(101)57(95)47(30-83)111-75)40-18-20-44(21-19-40)108-35-42(90)14-8-4-6-10-16-52(92)78-22-12-24-106-72-54(80-38(2)88)60(98)68(50(33-86)114-72)116-76-66(104)70(58(96)48(31-84)112-76)118-74-64(102)62(100)56(94)46(29-82)110-74/h18-21,26-28,46-51,54-77,82-87,94-105H,4-17,22-25,29-36H2,1-3H3,(H,78,92)(H,79,93)(H,80,88)(H,81,89)/t46?,47?,48?,49?,50?,51?,54?,55?,56-,57-,58-,59-,60+,61+,62-,63-,64?,65?,66?,67?,68+,69+,70-,71-,72+,73+,74+,75+,76-,77-/m0/s1. The molecule has 0 aliphatic carbocycles. The topological polar surface area (TPSA) is 644 Å². The lowest BCUT2D eigenvalue weighted by atomic mass is 9.95. The van der Waals surface area contributed by atoms with Crippen molar-refractivity contribution < 1.29 is 187 Å². The van der Waals surface area contributed by atoms with Crippen LogP contribution < -0.4 is 30.7 Å². The number of amides is 4. The molecule has 2 aromatic rings. The van der Waals surface area contributed by atoms with Crippen LogP contribution >= 0.6 is 0 Å². The van der Waals surface area contributed by atoms with Crippen LogP contribution in [0.4, 0.5) is 0 Å². The van der Waals surface area contributed by atoms with Gasteiger partial charge in [0.2, 0.25) is 23.6 Å². The second kappa shape index (κ2) is 48.9. The summed E-state index contributed by atoms with van der Waals surface area (Å²) < 4.78 is 80.2. The maximum Gasteiger partial charge on any atom is 0.219 e. The Hall–Kier alpha value is -5.94. The zero-order valence-corrected chi connectivity index (χ0v) is 66.5. The number of ether oxygens (including phenoxy) is 14. The summed E-state index contributed by atoms with van der Waals surface area (Å²) >= 11 is 0. The van der Waals surface area contributed by atoms with Crippen LogP contribution in [0.3, 0.4) is 0 Å². The van der Waals surface area contributed by atoms with Crippen molar-refractivity contribution in [2.45, 2.75) is 295 Å². The summed E-state index contributed by atoms with van der Waals surface area (Å²) in [4.78, 5) is 75.7. The second-order valence-corrected chi connectivity index (χ2v) is 30.3. The normalized spacial score (nSPS) is 34.8. The summed E-state index contributed by atoms with van der Waals surface area (Å²) in [5.74, 6) is -0.876. The fraction of sp³-hybridized carbons (Fsp3) is 0.766. The van der Waals surface area contributed by atoms with E-state index in [1.165, 1.54) is 0 Å². The van der Waals surface area contributed by atoms with Crippen molar-refractivity contribution in [3.8, 4) is 22.6 Å². The molecule has 12 unspecified atom stereocenters. The monoisotopic (exact) mass is 1710 g/mol. The molecule has 22 N–H and O–H groups in total. The van der Waals surface area contributed by atoms with E-state index in [0.717, 1.165) is 30.5 Å². The van der Waals surface area contributed by atoms with Gasteiger partial charge in [0, 0.05) is 52.6 Å². The van der Waals surface area contributed by atoms with Gasteiger partial charge in [-0.15, -0.1) is 0 Å². The summed E-state index contributed by atoms with van der Waals surface area (Å²) in [5.41, 5.74) is 2.58. The van der Waals surface area contributed by atoms with Gasteiger partial charge in [0.25, 0.3) is 0 Å². The zero-order valence-electron chi connectivity index (χ0n) is 66.5. The van der Waals surface area contributed by atoms with Crippen LogP contribution in [0.2, 0.25) is 0 Å². The molecule has 42 heteroatoms. The Labute approximate surface area is 685 Å². The highest BCUT2D eigenvalue weighted by molar-refractivity contribution is 5.81. The molecule has 0 bridgehead atoms. The fourth-order valence-electron chi connectivity index (χ4n) is 14.5. The van der Waals surface area contributed by atoms with Crippen LogP contribution in [0.15, 0.2) is 42.5 Å². The average Bonchev–Trinajstić information content (AvgIpc) is 0.776. The summed E-state index contributed by atoms with van der Waals surface area (Å²) in [6, 6.07) is 10.1. The molecule has 6 saturated heterocycles. The highest BCUT2D eigenvalue weighted by atomic mass is 16.8. The van der Waals surface area contributed by atoms with E-state index in [2.05, 4.69) is 21.3 Å². The number of Topliss-reactive ketones (excluding diaryl/α,β-unsaturated/α-hetero) is 2. The van der Waals surface area contributed by atoms with E-state index in [1.807, 2.05) is 37.3 Å². The largest absolute Gasteiger partial charge is 0.486 e. The third kappa shape index (κ3) is 28.0. The molecule has 6 aliphatic rings. The van der Waals surface area contributed by atoms with Gasteiger partial charge < -0.3 is 180 Å². The van der Waals surface area contributed by atoms with Crippen molar-refractivity contribution in [3.63, 3.8) is 0 Å². The third-order valence-electron chi connectivity index (χ3n) is 21.1. The minimum atomic E-state index is -1.99.